The average molecular weight is 254 g/mol. The van der Waals surface area contributed by atoms with Gasteiger partial charge in [-0.2, -0.15) is 0 Å². The zero-order valence-corrected chi connectivity index (χ0v) is 12.2. The third-order valence-corrected chi connectivity index (χ3v) is 5.02. The number of hydrogen-bond acceptors (Lipinski definition) is 3. The number of nitrogens with one attached hydrogen (secondary N) is 1. The normalized spacial score (nSPS) is 28.0. The molecule has 3 heteroatoms. The highest BCUT2D eigenvalue weighted by atomic mass is 16.5. The van der Waals surface area contributed by atoms with Gasteiger partial charge in [0.05, 0.1) is 6.10 Å². The predicted molar refractivity (Wildman–Crippen MR) is 75.9 cm³/mol. The molecule has 0 saturated carbocycles. The Morgan fingerprint density at radius 1 is 1.33 bits per heavy atom. The fourth-order valence-electron chi connectivity index (χ4n) is 3.35. The first kappa shape index (κ1) is 14.3. The van der Waals surface area contributed by atoms with Crippen molar-refractivity contribution in [3.63, 3.8) is 0 Å². The SMILES string of the molecule is CCC1(CC)CCN(CCNCC2CCCO2)C1. The molecule has 18 heavy (non-hydrogen) atoms. The molecular weight excluding hydrogens is 224 g/mol. The standard InChI is InChI=1S/C15H30N2O/c1-3-15(4-2)7-9-17(13-15)10-8-16-12-14-6-5-11-18-14/h14,16H,3-13H2,1-2H3. The molecule has 0 radical (unpaired) electrons. The van der Waals surface area contributed by atoms with Gasteiger partial charge in [0.2, 0.25) is 0 Å². The first-order chi connectivity index (χ1) is 8.78. The molecule has 2 heterocycles. The predicted octanol–water partition coefficient (Wildman–Crippen LogP) is 2.27. The molecule has 1 N–H and O–H groups in total. The summed E-state index contributed by atoms with van der Waals surface area (Å²) < 4.78 is 5.62. The second kappa shape index (κ2) is 6.88. The maximum atomic E-state index is 5.62. The molecule has 106 valence electrons. The van der Waals surface area contributed by atoms with Gasteiger partial charge in [0, 0.05) is 32.8 Å². The van der Waals surface area contributed by atoms with Crippen LogP contribution in [0.25, 0.3) is 0 Å². The van der Waals surface area contributed by atoms with Crippen LogP contribution < -0.4 is 5.32 Å². The van der Waals surface area contributed by atoms with Gasteiger partial charge in [-0.05, 0) is 44.1 Å². The summed E-state index contributed by atoms with van der Waals surface area (Å²) in [7, 11) is 0. The average Bonchev–Trinajstić information content (AvgIpc) is 3.05. The Kier molecular flexibility index (Phi) is 5.46. The van der Waals surface area contributed by atoms with Gasteiger partial charge in [-0.25, -0.2) is 0 Å². The summed E-state index contributed by atoms with van der Waals surface area (Å²) in [5, 5.41) is 3.55. The molecule has 2 rings (SSSR count). The molecule has 0 aromatic rings. The second-order valence-electron chi connectivity index (χ2n) is 6.07. The van der Waals surface area contributed by atoms with E-state index in [1.165, 1.54) is 51.7 Å². The molecule has 3 nitrogen and oxygen atoms in total. The Balaban J connectivity index is 1.57. The molecule has 2 fully saturated rings. The van der Waals surface area contributed by atoms with Crippen LogP contribution in [0.2, 0.25) is 0 Å². The lowest BCUT2D eigenvalue weighted by Gasteiger charge is -2.26. The van der Waals surface area contributed by atoms with Crippen LogP contribution in [0.3, 0.4) is 0 Å². The summed E-state index contributed by atoms with van der Waals surface area (Å²) in [5.74, 6) is 0. The fourth-order valence-corrected chi connectivity index (χ4v) is 3.35. The van der Waals surface area contributed by atoms with Crippen molar-refractivity contribution < 1.29 is 4.74 Å². The van der Waals surface area contributed by atoms with Gasteiger partial charge in [-0.1, -0.05) is 13.8 Å². The van der Waals surface area contributed by atoms with Crippen LogP contribution in [0.15, 0.2) is 0 Å². The van der Waals surface area contributed by atoms with Crippen LogP contribution in [-0.4, -0.2) is 50.3 Å². The minimum Gasteiger partial charge on any atom is -0.377 e. The van der Waals surface area contributed by atoms with E-state index < -0.39 is 0 Å². The summed E-state index contributed by atoms with van der Waals surface area (Å²) in [6, 6.07) is 0. The molecule has 1 unspecified atom stereocenters. The molecule has 2 aliphatic heterocycles. The van der Waals surface area contributed by atoms with Crippen molar-refractivity contribution in [2.24, 2.45) is 5.41 Å². The minimum atomic E-state index is 0.481. The van der Waals surface area contributed by atoms with E-state index in [-0.39, 0.29) is 0 Å². The van der Waals surface area contributed by atoms with Crippen LogP contribution in [0.1, 0.15) is 46.0 Å². The van der Waals surface area contributed by atoms with Gasteiger partial charge < -0.3 is 15.0 Å². The van der Waals surface area contributed by atoms with Crippen LogP contribution in [0.4, 0.5) is 0 Å². The Morgan fingerprint density at radius 3 is 2.78 bits per heavy atom. The third-order valence-electron chi connectivity index (χ3n) is 5.02. The van der Waals surface area contributed by atoms with Gasteiger partial charge in [-0.3, -0.25) is 0 Å². The smallest absolute Gasteiger partial charge is 0.0700 e. The zero-order chi connectivity index (χ0) is 12.8. The fraction of sp³-hybridized carbons (Fsp3) is 1.00. The molecule has 0 aromatic heterocycles. The third kappa shape index (κ3) is 3.69. The van der Waals surface area contributed by atoms with E-state index in [1.807, 2.05) is 0 Å². The van der Waals surface area contributed by atoms with E-state index in [2.05, 4.69) is 24.1 Å². The van der Waals surface area contributed by atoms with Crippen molar-refractivity contribution in [2.45, 2.75) is 52.1 Å². The molecule has 0 aliphatic carbocycles. The Bertz CT molecular complexity index is 235. The molecule has 0 bridgehead atoms. The van der Waals surface area contributed by atoms with Crippen molar-refractivity contribution in [3.05, 3.63) is 0 Å². The number of nitrogens with zero attached hydrogens (tertiary/aromatic N) is 1. The molecule has 0 aromatic carbocycles. The van der Waals surface area contributed by atoms with Crippen molar-refractivity contribution in [1.82, 2.24) is 10.2 Å². The van der Waals surface area contributed by atoms with Crippen molar-refractivity contribution in [2.75, 3.05) is 39.3 Å². The summed E-state index contributed by atoms with van der Waals surface area (Å²) in [4.78, 5) is 2.63. The summed E-state index contributed by atoms with van der Waals surface area (Å²) in [6.07, 6.45) is 7.03. The van der Waals surface area contributed by atoms with Gasteiger partial charge >= 0.3 is 0 Å². The van der Waals surface area contributed by atoms with E-state index in [9.17, 15) is 0 Å². The van der Waals surface area contributed by atoms with E-state index in [0.717, 1.165) is 19.7 Å². The highest BCUT2D eigenvalue weighted by molar-refractivity contribution is 4.88. The lowest BCUT2D eigenvalue weighted by molar-refractivity contribution is 0.109. The second-order valence-corrected chi connectivity index (χ2v) is 6.07. The largest absolute Gasteiger partial charge is 0.377 e. The maximum absolute atomic E-state index is 5.62. The molecular formula is C15H30N2O. The molecule has 0 spiro atoms. The van der Waals surface area contributed by atoms with Gasteiger partial charge in [-0.15, -0.1) is 0 Å². The maximum Gasteiger partial charge on any atom is 0.0700 e. The number of rotatable bonds is 7. The van der Waals surface area contributed by atoms with E-state index in [0.29, 0.717) is 11.5 Å². The van der Waals surface area contributed by atoms with Gasteiger partial charge in [0.15, 0.2) is 0 Å². The highest BCUT2D eigenvalue weighted by Gasteiger charge is 2.34. The number of hydrogen-bond donors (Lipinski definition) is 1. The Morgan fingerprint density at radius 2 is 2.17 bits per heavy atom. The van der Waals surface area contributed by atoms with E-state index >= 15 is 0 Å². The van der Waals surface area contributed by atoms with Crippen molar-refractivity contribution >= 4 is 0 Å². The van der Waals surface area contributed by atoms with Gasteiger partial charge in [0.1, 0.15) is 0 Å². The van der Waals surface area contributed by atoms with Crippen molar-refractivity contribution in [1.29, 1.82) is 0 Å². The molecule has 2 aliphatic rings. The van der Waals surface area contributed by atoms with Crippen LogP contribution in [0.5, 0.6) is 0 Å². The molecule has 0 amide bonds. The Labute approximate surface area is 112 Å². The summed E-state index contributed by atoms with van der Waals surface area (Å²) >= 11 is 0. The summed E-state index contributed by atoms with van der Waals surface area (Å²) in [5.41, 5.74) is 0.620. The topological polar surface area (TPSA) is 24.5 Å². The first-order valence-electron chi connectivity index (χ1n) is 7.83. The number of likely N-dealkylation sites (tertiary alicyclic amines) is 1. The first-order valence-corrected chi connectivity index (χ1v) is 7.83. The quantitative estimate of drug-likeness (QED) is 0.705. The molecule has 2 saturated heterocycles. The van der Waals surface area contributed by atoms with Crippen LogP contribution in [0, 0.1) is 5.41 Å². The van der Waals surface area contributed by atoms with E-state index in [4.69, 9.17) is 4.74 Å². The number of ether oxygens (including phenoxy) is 1. The molecule has 1 atom stereocenters. The van der Waals surface area contributed by atoms with Crippen LogP contribution in [-0.2, 0) is 4.74 Å². The van der Waals surface area contributed by atoms with E-state index in [1.54, 1.807) is 0 Å². The zero-order valence-electron chi connectivity index (χ0n) is 12.2. The summed E-state index contributed by atoms with van der Waals surface area (Å²) in [6.45, 7) is 11.6. The monoisotopic (exact) mass is 254 g/mol. The Hall–Kier alpha value is -0.120. The minimum absolute atomic E-state index is 0.481. The lowest BCUT2D eigenvalue weighted by Crippen LogP contribution is -2.35. The lowest BCUT2D eigenvalue weighted by atomic mass is 9.82. The van der Waals surface area contributed by atoms with Crippen LogP contribution >= 0.6 is 0 Å². The highest BCUT2D eigenvalue weighted by Crippen LogP contribution is 2.36. The van der Waals surface area contributed by atoms with Gasteiger partial charge in [0.25, 0.3) is 0 Å². The van der Waals surface area contributed by atoms with Crippen molar-refractivity contribution in [3.8, 4) is 0 Å².